The molecule has 0 unspecified atom stereocenters. The van der Waals surface area contributed by atoms with Crippen molar-refractivity contribution in [2.45, 2.75) is 6.92 Å². The lowest BCUT2D eigenvalue weighted by Gasteiger charge is -2.06. The summed E-state index contributed by atoms with van der Waals surface area (Å²) in [5, 5.41) is 3.51. The number of halogens is 1. The van der Waals surface area contributed by atoms with E-state index in [9.17, 15) is 4.79 Å². The van der Waals surface area contributed by atoms with Gasteiger partial charge in [0.2, 0.25) is 0 Å². The van der Waals surface area contributed by atoms with Crippen molar-refractivity contribution in [3.8, 4) is 11.3 Å². The third-order valence-electron chi connectivity index (χ3n) is 3.35. The molecule has 0 saturated carbocycles. The molecule has 0 spiro atoms. The maximum Gasteiger partial charge on any atom is 0.291 e. The summed E-state index contributed by atoms with van der Waals surface area (Å²) in [6.45, 7) is 1.94. The second-order valence-electron chi connectivity index (χ2n) is 4.94. The normalized spacial score (nSPS) is 10.5. The summed E-state index contributed by atoms with van der Waals surface area (Å²) in [5.41, 5.74) is 2.65. The fourth-order valence-corrected chi connectivity index (χ4v) is 2.25. The van der Waals surface area contributed by atoms with E-state index >= 15 is 0 Å². The Bertz CT molecular complexity index is 806. The topological polar surface area (TPSA) is 42.2 Å². The first-order valence-electron chi connectivity index (χ1n) is 6.86. The molecule has 0 aliphatic heterocycles. The van der Waals surface area contributed by atoms with Crippen molar-refractivity contribution in [1.29, 1.82) is 0 Å². The molecule has 0 bridgehead atoms. The Balaban J connectivity index is 1.80. The molecule has 2 aromatic carbocycles. The maximum absolute atomic E-state index is 12.2. The molecule has 22 heavy (non-hydrogen) atoms. The Morgan fingerprint density at radius 3 is 2.45 bits per heavy atom. The molecule has 1 aromatic heterocycles. The van der Waals surface area contributed by atoms with Gasteiger partial charge in [0, 0.05) is 16.3 Å². The predicted octanol–water partition coefficient (Wildman–Crippen LogP) is 5.16. The zero-order chi connectivity index (χ0) is 15.5. The Labute approximate surface area is 133 Å². The highest BCUT2D eigenvalue weighted by Gasteiger charge is 2.13. The minimum Gasteiger partial charge on any atom is -0.451 e. The number of furan rings is 1. The molecule has 3 rings (SSSR count). The third kappa shape index (κ3) is 3.05. The maximum atomic E-state index is 12.2. The summed E-state index contributed by atoms with van der Waals surface area (Å²) >= 11 is 5.87. The molecule has 110 valence electrons. The van der Waals surface area contributed by atoms with Crippen LogP contribution in [0.2, 0.25) is 5.02 Å². The van der Waals surface area contributed by atoms with Gasteiger partial charge in [0.1, 0.15) is 5.76 Å². The minimum absolute atomic E-state index is 0.269. The average molecular weight is 312 g/mol. The molecule has 0 aliphatic carbocycles. The Morgan fingerprint density at radius 2 is 1.73 bits per heavy atom. The van der Waals surface area contributed by atoms with Gasteiger partial charge in [-0.25, -0.2) is 0 Å². The van der Waals surface area contributed by atoms with Gasteiger partial charge in [-0.1, -0.05) is 29.8 Å². The predicted molar refractivity (Wildman–Crippen MR) is 88.3 cm³/mol. The van der Waals surface area contributed by atoms with Gasteiger partial charge in [-0.05, 0) is 55.0 Å². The monoisotopic (exact) mass is 311 g/mol. The number of carbonyl (C=O) groups is 1. The Hall–Kier alpha value is -2.52. The van der Waals surface area contributed by atoms with Gasteiger partial charge in [0.05, 0.1) is 0 Å². The first-order valence-corrected chi connectivity index (χ1v) is 7.24. The number of hydrogen-bond acceptors (Lipinski definition) is 2. The number of carbonyl (C=O) groups excluding carboxylic acids is 1. The Kier molecular flexibility index (Phi) is 3.98. The fourth-order valence-electron chi connectivity index (χ4n) is 2.13. The summed E-state index contributed by atoms with van der Waals surface area (Å²) in [7, 11) is 0. The van der Waals surface area contributed by atoms with Crippen molar-refractivity contribution in [3.63, 3.8) is 0 Å². The van der Waals surface area contributed by atoms with E-state index in [0.717, 1.165) is 16.8 Å². The first-order chi connectivity index (χ1) is 10.6. The summed E-state index contributed by atoms with van der Waals surface area (Å²) in [6.07, 6.45) is 0. The van der Waals surface area contributed by atoms with Crippen LogP contribution in [0, 0.1) is 6.92 Å². The van der Waals surface area contributed by atoms with E-state index in [4.69, 9.17) is 16.0 Å². The Morgan fingerprint density at radius 1 is 1.00 bits per heavy atom. The van der Waals surface area contributed by atoms with E-state index in [0.29, 0.717) is 10.8 Å². The molecule has 1 amide bonds. The molecule has 1 heterocycles. The van der Waals surface area contributed by atoms with Crippen LogP contribution in [0.4, 0.5) is 5.69 Å². The zero-order valence-electron chi connectivity index (χ0n) is 12.0. The van der Waals surface area contributed by atoms with Crippen LogP contribution >= 0.6 is 11.6 Å². The number of rotatable bonds is 3. The van der Waals surface area contributed by atoms with Gasteiger partial charge in [0.25, 0.3) is 5.91 Å². The smallest absolute Gasteiger partial charge is 0.291 e. The second-order valence-corrected chi connectivity index (χ2v) is 5.38. The lowest BCUT2D eigenvalue weighted by Crippen LogP contribution is -2.11. The highest BCUT2D eigenvalue weighted by atomic mass is 35.5. The third-order valence-corrected chi connectivity index (χ3v) is 3.60. The van der Waals surface area contributed by atoms with E-state index in [2.05, 4.69) is 5.32 Å². The highest BCUT2D eigenvalue weighted by Crippen LogP contribution is 2.24. The van der Waals surface area contributed by atoms with Crippen LogP contribution in [0.1, 0.15) is 16.1 Å². The largest absolute Gasteiger partial charge is 0.451 e. The van der Waals surface area contributed by atoms with Gasteiger partial charge in [-0.2, -0.15) is 0 Å². The molecular formula is C18H14ClNO2. The number of para-hydroxylation sites is 1. The van der Waals surface area contributed by atoms with Crippen LogP contribution in [-0.4, -0.2) is 5.91 Å². The van der Waals surface area contributed by atoms with Crippen LogP contribution in [0.3, 0.4) is 0 Å². The lowest BCUT2D eigenvalue weighted by molar-refractivity contribution is 0.0997. The van der Waals surface area contributed by atoms with Gasteiger partial charge < -0.3 is 9.73 Å². The number of hydrogen-bond donors (Lipinski definition) is 1. The summed E-state index contributed by atoms with van der Waals surface area (Å²) in [4.78, 5) is 12.2. The van der Waals surface area contributed by atoms with E-state index in [1.165, 1.54) is 0 Å². The van der Waals surface area contributed by atoms with Crippen LogP contribution in [0.25, 0.3) is 11.3 Å². The summed E-state index contributed by atoms with van der Waals surface area (Å²) < 4.78 is 5.63. The highest BCUT2D eigenvalue weighted by molar-refractivity contribution is 6.30. The summed E-state index contributed by atoms with van der Waals surface area (Å²) in [6, 6.07) is 18.3. The van der Waals surface area contributed by atoms with Crippen molar-refractivity contribution in [2.75, 3.05) is 5.32 Å². The standard InChI is InChI=1S/C18H14ClNO2/c1-12-4-2-3-5-15(12)20-18(21)17-11-10-16(22-17)13-6-8-14(19)9-7-13/h2-11H,1H3,(H,20,21). The van der Waals surface area contributed by atoms with Gasteiger partial charge >= 0.3 is 0 Å². The molecule has 0 fully saturated rings. The second kappa shape index (κ2) is 6.08. The minimum atomic E-state index is -0.269. The number of benzene rings is 2. The van der Waals surface area contributed by atoms with Gasteiger partial charge in [-0.15, -0.1) is 0 Å². The van der Waals surface area contributed by atoms with Crippen molar-refractivity contribution in [1.82, 2.24) is 0 Å². The quantitative estimate of drug-likeness (QED) is 0.726. The fraction of sp³-hybridized carbons (Fsp3) is 0.0556. The molecule has 0 aliphatic rings. The molecule has 0 saturated heterocycles. The van der Waals surface area contributed by atoms with E-state index in [1.807, 2.05) is 43.3 Å². The average Bonchev–Trinajstić information content (AvgIpc) is 3.00. The molecule has 0 radical (unpaired) electrons. The van der Waals surface area contributed by atoms with Crippen LogP contribution < -0.4 is 5.32 Å². The molecular weight excluding hydrogens is 298 g/mol. The van der Waals surface area contributed by atoms with Crippen LogP contribution in [-0.2, 0) is 0 Å². The number of aryl methyl sites for hydroxylation is 1. The number of anilines is 1. The van der Waals surface area contributed by atoms with Gasteiger partial charge in [-0.3, -0.25) is 4.79 Å². The SMILES string of the molecule is Cc1ccccc1NC(=O)c1ccc(-c2ccc(Cl)cc2)o1. The van der Waals surface area contributed by atoms with Crippen LogP contribution in [0.15, 0.2) is 65.1 Å². The first kappa shape index (κ1) is 14.4. The van der Waals surface area contributed by atoms with Crippen molar-refractivity contribution in [2.24, 2.45) is 0 Å². The zero-order valence-corrected chi connectivity index (χ0v) is 12.7. The van der Waals surface area contributed by atoms with Gasteiger partial charge in [0.15, 0.2) is 5.76 Å². The van der Waals surface area contributed by atoms with E-state index < -0.39 is 0 Å². The molecule has 1 N–H and O–H groups in total. The van der Waals surface area contributed by atoms with Crippen molar-refractivity contribution < 1.29 is 9.21 Å². The molecule has 3 nitrogen and oxygen atoms in total. The van der Waals surface area contributed by atoms with E-state index in [1.54, 1.807) is 24.3 Å². The van der Waals surface area contributed by atoms with E-state index in [-0.39, 0.29) is 11.7 Å². The van der Waals surface area contributed by atoms with Crippen LogP contribution in [0.5, 0.6) is 0 Å². The number of amides is 1. The van der Waals surface area contributed by atoms with Crippen molar-refractivity contribution >= 4 is 23.2 Å². The number of nitrogens with one attached hydrogen (secondary N) is 1. The summed E-state index contributed by atoms with van der Waals surface area (Å²) in [5.74, 6) is 0.634. The molecule has 3 aromatic rings. The van der Waals surface area contributed by atoms with Crippen molar-refractivity contribution in [3.05, 3.63) is 77.0 Å². The molecule has 0 atom stereocenters. The lowest BCUT2D eigenvalue weighted by atomic mass is 10.2. The molecule has 4 heteroatoms.